The highest BCUT2D eigenvalue weighted by Crippen LogP contribution is 2.26. The van der Waals surface area contributed by atoms with Crippen LogP contribution in [0.15, 0.2) is 88.0 Å². The molecule has 0 unspecified atom stereocenters. The second-order valence-electron chi connectivity index (χ2n) is 6.60. The van der Waals surface area contributed by atoms with Crippen LogP contribution in [0.5, 0.6) is 5.75 Å². The second kappa shape index (κ2) is 8.45. The van der Waals surface area contributed by atoms with E-state index in [1.165, 1.54) is 5.56 Å². The van der Waals surface area contributed by atoms with Gasteiger partial charge in [0, 0.05) is 15.6 Å². The van der Waals surface area contributed by atoms with Crippen molar-refractivity contribution >= 4 is 33.9 Å². The predicted molar refractivity (Wildman–Crippen MR) is 117 cm³/mol. The molecule has 144 valence electrons. The largest absolute Gasteiger partial charge is 0.488 e. The van der Waals surface area contributed by atoms with Gasteiger partial charge in [-0.25, -0.2) is 9.79 Å². The molecule has 1 aliphatic heterocycles. The molecule has 0 saturated carbocycles. The SMILES string of the molecule is Cc1ccccc1COc1ccccc1/C=C1\N=C(c2ccc(Br)cc2)OC1=O. The van der Waals surface area contributed by atoms with Gasteiger partial charge in [-0.3, -0.25) is 0 Å². The van der Waals surface area contributed by atoms with E-state index >= 15 is 0 Å². The third-order valence-corrected chi connectivity index (χ3v) is 5.10. The average molecular weight is 448 g/mol. The third-order valence-electron chi connectivity index (χ3n) is 4.57. The fourth-order valence-electron chi connectivity index (χ4n) is 2.93. The van der Waals surface area contributed by atoms with Crippen molar-refractivity contribution in [2.75, 3.05) is 0 Å². The molecule has 0 amide bonds. The van der Waals surface area contributed by atoms with Gasteiger partial charge in [-0.15, -0.1) is 0 Å². The van der Waals surface area contributed by atoms with E-state index in [0.717, 1.165) is 21.2 Å². The van der Waals surface area contributed by atoms with E-state index in [-0.39, 0.29) is 5.70 Å². The molecule has 0 spiro atoms. The number of rotatable bonds is 5. The first-order valence-electron chi connectivity index (χ1n) is 9.15. The third kappa shape index (κ3) is 4.46. The van der Waals surface area contributed by atoms with Crippen LogP contribution >= 0.6 is 15.9 Å². The number of benzene rings is 3. The van der Waals surface area contributed by atoms with Crippen molar-refractivity contribution in [3.05, 3.63) is 105 Å². The van der Waals surface area contributed by atoms with Gasteiger partial charge in [0.15, 0.2) is 5.70 Å². The van der Waals surface area contributed by atoms with Gasteiger partial charge in [0.2, 0.25) is 5.90 Å². The summed E-state index contributed by atoms with van der Waals surface area (Å²) >= 11 is 3.39. The maximum Gasteiger partial charge on any atom is 0.363 e. The van der Waals surface area contributed by atoms with E-state index < -0.39 is 5.97 Å². The van der Waals surface area contributed by atoms with Crippen molar-refractivity contribution in [2.24, 2.45) is 4.99 Å². The summed E-state index contributed by atoms with van der Waals surface area (Å²) in [5.74, 6) is 0.507. The molecule has 3 aromatic carbocycles. The summed E-state index contributed by atoms with van der Waals surface area (Å²) < 4.78 is 12.3. The molecule has 0 N–H and O–H groups in total. The Morgan fingerprint density at radius 3 is 2.52 bits per heavy atom. The summed E-state index contributed by atoms with van der Waals surface area (Å²) in [5.41, 5.74) is 4.05. The Kier molecular flexibility index (Phi) is 5.58. The zero-order chi connectivity index (χ0) is 20.2. The summed E-state index contributed by atoms with van der Waals surface area (Å²) in [6.07, 6.45) is 1.70. The lowest BCUT2D eigenvalue weighted by Crippen LogP contribution is -2.05. The molecule has 0 saturated heterocycles. The lowest BCUT2D eigenvalue weighted by molar-refractivity contribution is -0.129. The molecule has 1 heterocycles. The molecule has 4 nitrogen and oxygen atoms in total. The normalized spacial score (nSPS) is 14.6. The van der Waals surface area contributed by atoms with Gasteiger partial charge in [-0.2, -0.15) is 0 Å². The Labute approximate surface area is 177 Å². The molecule has 0 aliphatic carbocycles. The highest BCUT2D eigenvalue weighted by atomic mass is 79.9. The van der Waals surface area contributed by atoms with E-state index in [1.807, 2.05) is 66.7 Å². The molecule has 0 atom stereocenters. The van der Waals surface area contributed by atoms with Crippen molar-refractivity contribution in [3.63, 3.8) is 0 Å². The number of aryl methyl sites for hydroxylation is 1. The minimum Gasteiger partial charge on any atom is -0.488 e. The smallest absolute Gasteiger partial charge is 0.363 e. The van der Waals surface area contributed by atoms with Crippen LogP contribution in [0, 0.1) is 6.92 Å². The van der Waals surface area contributed by atoms with Crippen LogP contribution in [-0.4, -0.2) is 11.9 Å². The van der Waals surface area contributed by atoms with Gasteiger partial charge in [0.25, 0.3) is 0 Å². The molecule has 0 bridgehead atoms. The van der Waals surface area contributed by atoms with Gasteiger partial charge in [-0.05, 0) is 54.5 Å². The molecular weight excluding hydrogens is 430 g/mol. The summed E-state index contributed by atoms with van der Waals surface area (Å²) in [7, 11) is 0. The van der Waals surface area contributed by atoms with Crippen molar-refractivity contribution in [3.8, 4) is 5.75 Å². The molecule has 29 heavy (non-hydrogen) atoms. The van der Waals surface area contributed by atoms with Gasteiger partial charge < -0.3 is 9.47 Å². The van der Waals surface area contributed by atoms with E-state index in [4.69, 9.17) is 9.47 Å². The molecule has 4 rings (SSSR count). The Bertz CT molecular complexity index is 1120. The van der Waals surface area contributed by atoms with Gasteiger partial charge >= 0.3 is 5.97 Å². The first kappa shape index (κ1) is 19.2. The number of carbonyl (C=O) groups is 1. The van der Waals surface area contributed by atoms with E-state index in [9.17, 15) is 4.79 Å². The number of hydrogen-bond acceptors (Lipinski definition) is 4. The van der Waals surface area contributed by atoms with Crippen LogP contribution in [0.4, 0.5) is 0 Å². The summed E-state index contributed by atoms with van der Waals surface area (Å²) in [4.78, 5) is 16.7. The zero-order valence-corrected chi connectivity index (χ0v) is 17.3. The predicted octanol–water partition coefficient (Wildman–Crippen LogP) is 5.68. The van der Waals surface area contributed by atoms with Crippen LogP contribution in [0.2, 0.25) is 0 Å². The Hall–Kier alpha value is -3.18. The zero-order valence-electron chi connectivity index (χ0n) is 15.8. The lowest BCUT2D eigenvalue weighted by atomic mass is 10.1. The van der Waals surface area contributed by atoms with E-state index in [0.29, 0.717) is 18.3 Å². The fraction of sp³-hybridized carbons (Fsp3) is 0.0833. The van der Waals surface area contributed by atoms with Crippen molar-refractivity contribution in [2.45, 2.75) is 13.5 Å². The lowest BCUT2D eigenvalue weighted by Gasteiger charge is -2.11. The molecule has 3 aromatic rings. The number of nitrogens with zero attached hydrogens (tertiary/aromatic N) is 1. The van der Waals surface area contributed by atoms with Crippen LogP contribution in [0.25, 0.3) is 6.08 Å². The first-order chi connectivity index (χ1) is 14.1. The van der Waals surface area contributed by atoms with Crippen molar-refractivity contribution < 1.29 is 14.3 Å². The van der Waals surface area contributed by atoms with Gasteiger partial charge in [0.1, 0.15) is 12.4 Å². The summed E-state index contributed by atoms with van der Waals surface area (Å²) in [6.45, 7) is 2.50. The molecule has 5 heteroatoms. The number of carbonyl (C=O) groups excluding carboxylic acids is 1. The number of aliphatic imine (C=N–C) groups is 1. The van der Waals surface area contributed by atoms with E-state index in [2.05, 4.69) is 33.9 Å². The number of para-hydroxylation sites is 1. The number of ether oxygens (including phenoxy) is 2. The van der Waals surface area contributed by atoms with Crippen molar-refractivity contribution in [1.82, 2.24) is 0 Å². The van der Waals surface area contributed by atoms with Crippen LogP contribution in [0.1, 0.15) is 22.3 Å². The first-order valence-corrected chi connectivity index (χ1v) is 9.94. The van der Waals surface area contributed by atoms with Gasteiger partial charge in [0.05, 0.1) is 0 Å². The van der Waals surface area contributed by atoms with Crippen LogP contribution in [-0.2, 0) is 16.1 Å². The van der Waals surface area contributed by atoms with Crippen LogP contribution in [0.3, 0.4) is 0 Å². The molecule has 0 fully saturated rings. The standard InChI is InChI=1S/C24H18BrNO3/c1-16-6-2-3-8-19(16)15-28-22-9-5-4-7-18(22)14-21-24(27)29-23(26-21)17-10-12-20(25)13-11-17/h2-14H,15H2,1H3/b21-14-. The maximum absolute atomic E-state index is 12.3. The van der Waals surface area contributed by atoms with Crippen molar-refractivity contribution in [1.29, 1.82) is 0 Å². The Balaban J connectivity index is 1.58. The quantitative estimate of drug-likeness (QED) is 0.373. The summed E-state index contributed by atoms with van der Waals surface area (Å²) in [5, 5.41) is 0. The topological polar surface area (TPSA) is 47.9 Å². The highest BCUT2D eigenvalue weighted by Gasteiger charge is 2.24. The van der Waals surface area contributed by atoms with Gasteiger partial charge in [-0.1, -0.05) is 58.4 Å². The van der Waals surface area contributed by atoms with Crippen LogP contribution < -0.4 is 4.74 Å². The fourth-order valence-corrected chi connectivity index (χ4v) is 3.20. The average Bonchev–Trinajstić information content (AvgIpc) is 3.09. The molecule has 0 radical (unpaired) electrons. The second-order valence-corrected chi connectivity index (χ2v) is 7.51. The molecule has 1 aliphatic rings. The minimum atomic E-state index is -0.475. The Morgan fingerprint density at radius 2 is 1.72 bits per heavy atom. The number of esters is 1. The Morgan fingerprint density at radius 1 is 1.00 bits per heavy atom. The molecular formula is C24H18BrNO3. The molecule has 0 aromatic heterocycles. The monoisotopic (exact) mass is 447 g/mol. The number of halogens is 1. The van der Waals surface area contributed by atoms with E-state index in [1.54, 1.807) is 6.08 Å². The minimum absolute atomic E-state index is 0.245. The number of cyclic esters (lactones) is 1. The highest BCUT2D eigenvalue weighted by molar-refractivity contribution is 9.10. The maximum atomic E-state index is 12.3. The number of hydrogen-bond donors (Lipinski definition) is 0. The summed E-state index contributed by atoms with van der Waals surface area (Å²) in [6, 6.07) is 23.1.